The topological polar surface area (TPSA) is 59.7 Å². The molecular formula is C9H12O4. The first-order valence-electron chi connectivity index (χ1n) is 4.04. The molecule has 1 aromatic heterocycles. The molecule has 1 rings (SSSR count). The van der Waals surface area contributed by atoms with Crippen LogP contribution in [0.1, 0.15) is 19.1 Å². The van der Waals surface area contributed by atoms with Crippen molar-refractivity contribution in [3.8, 4) is 0 Å². The maximum absolute atomic E-state index is 10.3. The van der Waals surface area contributed by atoms with Gasteiger partial charge in [-0.05, 0) is 19.1 Å². The van der Waals surface area contributed by atoms with E-state index >= 15 is 0 Å². The van der Waals surface area contributed by atoms with Crippen molar-refractivity contribution < 1.29 is 19.1 Å². The van der Waals surface area contributed by atoms with Crippen molar-refractivity contribution in [2.24, 2.45) is 0 Å². The number of rotatable bonds is 5. The molecule has 4 heteroatoms. The first-order chi connectivity index (χ1) is 6.18. The fraction of sp³-hybridized carbons (Fsp3) is 0.444. The number of carboxylic acid groups (broad SMARTS) is 1. The van der Waals surface area contributed by atoms with Gasteiger partial charge in [-0.15, -0.1) is 0 Å². The van der Waals surface area contributed by atoms with Gasteiger partial charge in [0.2, 0.25) is 0 Å². The van der Waals surface area contributed by atoms with Crippen molar-refractivity contribution in [2.45, 2.75) is 26.1 Å². The van der Waals surface area contributed by atoms with Gasteiger partial charge in [0.25, 0.3) is 0 Å². The summed E-state index contributed by atoms with van der Waals surface area (Å²) in [4.78, 5) is 10.3. The highest BCUT2D eigenvalue weighted by Crippen LogP contribution is 2.05. The zero-order chi connectivity index (χ0) is 9.68. The van der Waals surface area contributed by atoms with Crippen molar-refractivity contribution >= 4 is 5.97 Å². The lowest BCUT2D eigenvalue weighted by atomic mass is 10.3. The van der Waals surface area contributed by atoms with Crippen LogP contribution in [0.4, 0.5) is 0 Å². The number of hydrogen-bond acceptors (Lipinski definition) is 3. The smallest absolute Gasteiger partial charge is 0.305 e. The Morgan fingerprint density at radius 1 is 1.77 bits per heavy atom. The van der Waals surface area contributed by atoms with E-state index in [1.54, 1.807) is 25.3 Å². The molecule has 0 saturated carbocycles. The monoisotopic (exact) mass is 184 g/mol. The Labute approximate surface area is 76.1 Å². The summed E-state index contributed by atoms with van der Waals surface area (Å²) in [5, 5.41) is 8.44. The number of carboxylic acids is 1. The van der Waals surface area contributed by atoms with Crippen LogP contribution in [0, 0.1) is 0 Å². The standard InChI is InChI=1S/C9H12O4/c1-7(5-9(10)11)13-6-8-3-2-4-12-8/h2-4,7H,5-6H2,1H3,(H,10,11)/t7-/m0/s1. The Hall–Kier alpha value is -1.29. The predicted octanol–water partition coefficient (Wildman–Crippen LogP) is 1.66. The number of ether oxygens (including phenoxy) is 1. The number of aliphatic carboxylic acids is 1. The Morgan fingerprint density at radius 3 is 3.08 bits per heavy atom. The molecule has 0 radical (unpaired) electrons. The number of furan rings is 1. The van der Waals surface area contributed by atoms with E-state index in [1.165, 1.54) is 0 Å². The Morgan fingerprint density at radius 2 is 2.54 bits per heavy atom. The molecule has 0 aliphatic carbocycles. The summed E-state index contributed by atoms with van der Waals surface area (Å²) in [6.07, 6.45) is 1.28. The molecule has 0 amide bonds. The van der Waals surface area contributed by atoms with Crippen LogP contribution in [0.25, 0.3) is 0 Å². The molecule has 1 heterocycles. The van der Waals surface area contributed by atoms with Crippen LogP contribution < -0.4 is 0 Å². The van der Waals surface area contributed by atoms with Crippen LogP contribution in [0.5, 0.6) is 0 Å². The molecule has 72 valence electrons. The van der Waals surface area contributed by atoms with E-state index in [9.17, 15) is 4.79 Å². The van der Waals surface area contributed by atoms with E-state index in [-0.39, 0.29) is 12.5 Å². The van der Waals surface area contributed by atoms with Crippen molar-refractivity contribution in [1.29, 1.82) is 0 Å². The largest absolute Gasteiger partial charge is 0.481 e. The Balaban J connectivity index is 2.22. The number of hydrogen-bond donors (Lipinski definition) is 1. The minimum absolute atomic E-state index is 0.0146. The van der Waals surface area contributed by atoms with Crippen LogP contribution in [-0.2, 0) is 16.1 Å². The van der Waals surface area contributed by atoms with Gasteiger partial charge >= 0.3 is 5.97 Å². The van der Waals surface area contributed by atoms with Crippen LogP contribution in [-0.4, -0.2) is 17.2 Å². The SMILES string of the molecule is C[C@@H](CC(=O)O)OCc1ccco1. The molecule has 4 nitrogen and oxygen atoms in total. The highest BCUT2D eigenvalue weighted by atomic mass is 16.5. The first kappa shape index (κ1) is 9.80. The molecule has 0 saturated heterocycles. The maximum atomic E-state index is 10.3. The molecule has 0 aliphatic heterocycles. The second-order valence-corrected chi connectivity index (χ2v) is 2.80. The third kappa shape index (κ3) is 3.75. The van der Waals surface area contributed by atoms with E-state index in [0.29, 0.717) is 12.4 Å². The average Bonchev–Trinajstić information content (AvgIpc) is 2.51. The minimum atomic E-state index is -0.855. The van der Waals surface area contributed by atoms with E-state index in [0.717, 1.165) is 0 Å². The molecule has 0 bridgehead atoms. The van der Waals surface area contributed by atoms with Crippen LogP contribution in [0.15, 0.2) is 22.8 Å². The summed E-state index contributed by atoms with van der Waals surface area (Å²) >= 11 is 0. The van der Waals surface area contributed by atoms with Gasteiger partial charge in [-0.2, -0.15) is 0 Å². The van der Waals surface area contributed by atoms with Gasteiger partial charge in [-0.25, -0.2) is 0 Å². The molecule has 0 aliphatic rings. The summed E-state index contributed by atoms with van der Waals surface area (Å²) in [5.41, 5.74) is 0. The van der Waals surface area contributed by atoms with Gasteiger partial charge in [0.1, 0.15) is 12.4 Å². The Kier molecular flexibility index (Phi) is 3.52. The van der Waals surface area contributed by atoms with Crippen LogP contribution >= 0.6 is 0 Å². The lowest BCUT2D eigenvalue weighted by molar-refractivity contribution is -0.140. The molecule has 0 spiro atoms. The van der Waals surface area contributed by atoms with Gasteiger partial charge in [0, 0.05) is 0 Å². The summed E-state index contributed by atoms with van der Waals surface area (Å²) in [7, 11) is 0. The molecule has 13 heavy (non-hydrogen) atoms. The molecule has 1 N–H and O–H groups in total. The van der Waals surface area contributed by atoms with E-state index in [4.69, 9.17) is 14.3 Å². The fourth-order valence-corrected chi connectivity index (χ4v) is 0.924. The normalized spacial score (nSPS) is 12.7. The first-order valence-corrected chi connectivity index (χ1v) is 4.04. The minimum Gasteiger partial charge on any atom is -0.481 e. The maximum Gasteiger partial charge on any atom is 0.305 e. The summed E-state index contributed by atoms with van der Waals surface area (Å²) in [5.74, 6) is -0.149. The van der Waals surface area contributed by atoms with Crippen LogP contribution in [0.2, 0.25) is 0 Å². The van der Waals surface area contributed by atoms with Gasteiger partial charge in [0.05, 0.1) is 18.8 Å². The van der Waals surface area contributed by atoms with E-state index < -0.39 is 5.97 Å². The molecular weight excluding hydrogens is 172 g/mol. The summed E-state index contributed by atoms with van der Waals surface area (Å²) in [6, 6.07) is 3.55. The van der Waals surface area contributed by atoms with Gasteiger partial charge in [-0.3, -0.25) is 4.79 Å². The molecule has 1 aromatic rings. The zero-order valence-electron chi connectivity index (χ0n) is 7.40. The van der Waals surface area contributed by atoms with Crippen molar-refractivity contribution in [3.63, 3.8) is 0 Å². The fourth-order valence-electron chi connectivity index (χ4n) is 0.924. The van der Waals surface area contributed by atoms with E-state index in [2.05, 4.69) is 0 Å². The molecule has 0 fully saturated rings. The van der Waals surface area contributed by atoms with Crippen molar-refractivity contribution in [3.05, 3.63) is 24.2 Å². The summed E-state index contributed by atoms with van der Waals surface area (Å²) < 4.78 is 10.2. The van der Waals surface area contributed by atoms with Gasteiger partial charge in [-0.1, -0.05) is 0 Å². The third-order valence-electron chi connectivity index (χ3n) is 1.55. The average molecular weight is 184 g/mol. The zero-order valence-corrected chi connectivity index (χ0v) is 7.40. The van der Waals surface area contributed by atoms with E-state index in [1.807, 2.05) is 0 Å². The second kappa shape index (κ2) is 4.67. The van der Waals surface area contributed by atoms with Crippen LogP contribution in [0.3, 0.4) is 0 Å². The highest BCUT2D eigenvalue weighted by molar-refractivity contribution is 5.67. The number of carbonyl (C=O) groups is 1. The lowest BCUT2D eigenvalue weighted by Gasteiger charge is -2.08. The van der Waals surface area contributed by atoms with Gasteiger partial charge < -0.3 is 14.3 Å². The van der Waals surface area contributed by atoms with Crippen molar-refractivity contribution in [1.82, 2.24) is 0 Å². The van der Waals surface area contributed by atoms with Crippen molar-refractivity contribution in [2.75, 3.05) is 0 Å². The highest BCUT2D eigenvalue weighted by Gasteiger charge is 2.08. The molecule has 0 unspecified atom stereocenters. The lowest BCUT2D eigenvalue weighted by Crippen LogP contribution is -2.13. The quantitative estimate of drug-likeness (QED) is 0.756. The second-order valence-electron chi connectivity index (χ2n) is 2.80. The predicted molar refractivity (Wildman–Crippen MR) is 45.2 cm³/mol. The Bertz CT molecular complexity index is 253. The summed E-state index contributed by atoms with van der Waals surface area (Å²) in [6.45, 7) is 2.04. The molecule has 0 aromatic carbocycles. The third-order valence-corrected chi connectivity index (χ3v) is 1.55. The molecule has 1 atom stereocenters. The van der Waals surface area contributed by atoms with Gasteiger partial charge in [0.15, 0.2) is 0 Å².